The van der Waals surface area contributed by atoms with Crippen LogP contribution in [-0.4, -0.2) is 13.0 Å². The van der Waals surface area contributed by atoms with Crippen molar-refractivity contribution in [1.29, 1.82) is 5.26 Å². The fraction of sp³-hybridized carbons (Fsp3) is 0.333. The average molecular weight is 236 g/mol. The molecule has 1 aromatic carbocycles. The number of nitriles is 1. The topological polar surface area (TPSA) is 44.1 Å². The smallest absolute Gasteiger partial charge is 0.247 e. The predicted octanol–water partition coefficient (Wildman–Crippen LogP) is 2.23. The first-order valence-electron chi connectivity index (χ1n) is 5.15. The van der Waals surface area contributed by atoms with E-state index in [1.165, 1.54) is 7.05 Å². The molecule has 3 nitrogen and oxygen atoms in total. The van der Waals surface area contributed by atoms with E-state index in [9.17, 15) is 13.6 Å². The van der Waals surface area contributed by atoms with Crippen LogP contribution in [-0.2, 0) is 4.79 Å². The van der Waals surface area contributed by atoms with Crippen molar-refractivity contribution in [2.45, 2.75) is 12.8 Å². The van der Waals surface area contributed by atoms with Crippen molar-refractivity contribution < 1.29 is 13.6 Å². The number of halogens is 2. The minimum atomic E-state index is -1.03. The molecule has 0 aliphatic heterocycles. The van der Waals surface area contributed by atoms with Gasteiger partial charge in [-0.2, -0.15) is 5.26 Å². The Morgan fingerprint density at radius 2 is 2.12 bits per heavy atom. The Bertz CT molecular complexity index is 518. The largest absolute Gasteiger partial charge is 0.311 e. The molecule has 0 heterocycles. The van der Waals surface area contributed by atoms with E-state index >= 15 is 0 Å². The molecule has 1 aliphatic rings. The minimum absolute atomic E-state index is 0.142. The third kappa shape index (κ3) is 1.86. The van der Waals surface area contributed by atoms with Gasteiger partial charge < -0.3 is 4.90 Å². The Kier molecular flexibility index (Phi) is 2.58. The number of nitrogens with zero attached hydrogens (tertiary/aromatic N) is 2. The van der Waals surface area contributed by atoms with E-state index in [0.717, 1.165) is 23.1 Å². The van der Waals surface area contributed by atoms with Crippen LogP contribution in [0.4, 0.5) is 14.5 Å². The first kappa shape index (κ1) is 11.5. The molecule has 0 atom stereocenters. The summed E-state index contributed by atoms with van der Waals surface area (Å²) in [5.41, 5.74) is -1.18. The fourth-order valence-electron chi connectivity index (χ4n) is 1.67. The highest BCUT2D eigenvalue weighted by molar-refractivity contribution is 6.00. The average Bonchev–Trinajstić information content (AvgIpc) is 3.11. The second-order valence-corrected chi connectivity index (χ2v) is 4.15. The molecule has 17 heavy (non-hydrogen) atoms. The molecular weight excluding hydrogens is 226 g/mol. The molecular formula is C12H10F2N2O. The number of carbonyl (C=O) groups excluding carboxylic acids is 1. The van der Waals surface area contributed by atoms with Crippen molar-refractivity contribution in [3.8, 4) is 6.07 Å². The Morgan fingerprint density at radius 1 is 1.47 bits per heavy atom. The maximum absolute atomic E-state index is 13.4. The van der Waals surface area contributed by atoms with E-state index in [4.69, 9.17) is 5.26 Å². The maximum atomic E-state index is 13.4. The molecule has 2 rings (SSSR count). The van der Waals surface area contributed by atoms with Crippen LogP contribution >= 0.6 is 0 Å². The summed E-state index contributed by atoms with van der Waals surface area (Å²) in [4.78, 5) is 12.9. The summed E-state index contributed by atoms with van der Waals surface area (Å²) in [6, 6.07) is 4.81. The molecule has 1 aliphatic carbocycles. The summed E-state index contributed by atoms with van der Waals surface area (Å²) in [5.74, 6) is -1.79. The quantitative estimate of drug-likeness (QED) is 0.790. The Hall–Kier alpha value is -1.96. The van der Waals surface area contributed by atoms with Gasteiger partial charge in [0.25, 0.3) is 0 Å². The molecule has 0 unspecified atom stereocenters. The number of rotatable bonds is 2. The van der Waals surface area contributed by atoms with Crippen LogP contribution < -0.4 is 4.90 Å². The standard InChI is InChI=1S/C12H10F2N2O/c1-16(11(17)12(7-15)4-5-12)10-6-8(13)2-3-9(10)14/h2-3,6H,4-5H2,1H3. The van der Waals surface area contributed by atoms with E-state index in [1.54, 1.807) is 0 Å². The highest BCUT2D eigenvalue weighted by atomic mass is 19.1. The lowest BCUT2D eigenvalue weighted by molar-refractivity contribution is -0.121. The molecule has 5 heteroatoms. The van der Waals surface area contributed by atoms with Gasteiger partial charge in [-0.05, 0) is 25.0 Å². The van der Waals surface area contributed by atoms with E-state index in [2.05, 4.69) is 0 Å². The number of carbonyl (C=O) groups is 1. The van der Waals surface area contributed by atoms with Crippen molar-refractivity contribution >= 4 is 11.6 Å². The Balaban J connectivity index is 2.32. The zero-order chi connectivity index (χ0) is 12.6. The second-order valence-electron chi connectivity index (χ2n) is 4.15. The summed E-state index contributed by atoms with van der Waals surface area (Å²) in [6.07, 6.45) is 0.952. The van der Waals surface area contributed by atoms with Crippen LogP contribution in [0.15, 0.2) is 18.2 Å². The predicted molar refractivity (Wildman–Crippen MR) is 57.0 cm³/mol. The van der Waals surface area contributed by atoms with Crippen molar-refractivity contribution in [2.75, 3.05) is 11.9 Å². The SMILES string of the molecule is CN(C(=O)C1(C#N)CC1)c1cc(F)ccc1F. The lowest BCUT2D eigenvalue weighted by atomic mass is 10.1. The molecule has 0 aromatic heterocycles. The van der Waals surface area contributed by atoms with Gasteiger partial charge in [-0.3, -0.25) is 4.79 Å². The highest BCUT2D eigenvalue weighted by Crippen LogP contribution is 2.47. The minimum Gasteiger partial charge on any atom is -0.311 e. The first-order chi connectivity index (χ1) is 8.00. The molecule has 0 spiro atoms. The summed E-state index contributed by atoms with van der Waals surface area (Å²) < 4.78 is 26.4. The number of benzene rings is 1. The van der Waals surface area contributed by atoms with E-state index in [-0.39, 0.29) is 5.69 Å². The van der Waals surface area contributed by atoms with Crippen LogP contribution in [0.3, 0.4) is 0 Å². The van der Waals surface area contributed by atoms with Crippen LogP contribution in [0.1, 0.15) is 12.8 Å². The van der Waals surface area contributed by atoms with Gasteiger partial charge >= 0.3 is 0 Å². The second kappa shape index (κ2) is 3.81. The van der Waals surface area contributed by atoms with Crippen LogP contribution in [0, 0.1) is 28.4 Å². The lowest BCUT2D eigenvalue weighted by Gasteiger charge is -2.20. The monoisotopic (exact) mass is 236 g/mol. The van der Waals surface area contributed by atoms with Gasteiger partial charge in [0.1, 0.15) is 17.0 Å². The van der Waals surface area contributed by atoms with Crippen molar-refractivity contribution in [1.82, 2.24) is 0 Å². The van der Waals surface area contributed by atoms with Crippen molar-refractivity contribution in [2.24, 2.45) is 5.41 Å². The Morgan fingerprint density at radius 3 is 2.65 bits per heavy atom. The lowest BCUT2D eigenvalue weighted by Crippen LogP contribution is -2.34. The van der Waals surface area contributed by atoms with Crippen LogP contribution in [0.5, 0.6) is 0 Å². The zero-order valence-electron chi connectivity index (χ0n) is 9.20. The molecule has 1 amide bonds. The van der Waals surface area contributed by atoms with Crippen LogP contribution in [0.25, 0.3) is 0 Å². The van der Waals surface area contributed by atoms with E-state index in [1.807, 2.05) is 6.07 Å². The normalized spacial score (nSPS) is 16.1. The fourth-order valence-corrected chi connectivity index (χ4v) is 1.67. The molecule has 1 fully saturated rings. The molecule has 0 saturated heterocycles. The third-order valence-corrected chi connectivity index (χ3v) is 2.95. The van der Waals surface area contributed by atoms with Gasteiger partial charge in [-0.1, -0.05) is 0 Å². The molecule has 0 N–H and O–H groups in total. The summed E-state index contributed by atoms with van der Waals surface area (Å²) in [7, 11) is 1.34. The maximum Gasteiger partial charge on any atom is 0.247 e. The third-order valence-electron chi connectivity index (χ3n) is 2.95. The van der Waals surface area contributed by atoms with Crippen molar-refractivity contribution in [3.63, 3.8) is 0 Å². The molecule has 88 valence electrons. The summed E-state index contributed by atoms with van der Waals surface area (Å²) in [6.45, 7) is 0. The number of hydrogen-bond donors (Lipinski definition) is 0. The molecule has 1 aromatic rings. The van der Waals surface area contributed by atoms with Gasteiger partial charge in [-0.25, -0.2) is 8.78 Å². The molecule has 0 bridgehead atoms. The van der Waals surface area contributed by atoms with E-state index in [0.29, 0.717) is 12.8 Å². The van der Waals surface area contributed by atoms with Gasteiger partial charge in [0.2, 0.25) is 5.91 Å². The van der Waals surface area contributed by atoms with E-state index < -0.39 is 23.0 Å². The van der Waals surface area contributed by atoms with Gasteiger partial charge in [0.15, 0.2) is 0 Å². The Labute approximate surface area is 97.3 Å². The van der Waals surface area contributed by atoms with Crippen LogP contribution in [0.2, 0.25) is 0 Å². The summed E-state index contributed by atoms with van der Waals surface area (Å²) >= 11 is 0. The van der Waals surface area contributed by atoms with Gasteiger partial charge in [0, 0.05) is 13.1 Å². The molecule has 0 radical (unpaired) electrons. The van der Waals surface area contributed by atoms with Crippen molar-refractivity contribution in [3.05, 3.63) is 29.8 Å². The first-order valence-corrected chi connectivity index (χ1v) is 5.15. The number of amides is 1. The van der Waals surface area contributed by atoms with Gasteiger partial charge in [0.05, 0.1) is 11.8 Å². The summed E-state index contributed by atoms with van der Waals surface area (Å²) in [5, 5.41) is 8.88. The molecule has 1 saturated carbocycles. The highest BCUT2D eigenvalue weighted by Gasteiger charge is 2.52. The number of hydrogen-bond acceptors (Lipinski definition) is 2. The zero-order valence-corrected chi connectivity index (χ0v) is 9.20. The number of anilines is 1. The van der Waals surface area contributed by atoms with Gasteiger partial charge in [-0.15, -0.1) is 0 Å².